The van der Waals surface area contributed by atoms with Crippen LogP contribution < -0.4 is 20.1 Å². The molecule has 0 saturated heterocycles. The van der Waals surface area contributed by atoms with E-state index in [1.54, 1.807) is 41.5 Å². The molecular weight excluding hydrogens is 676 g/mol. The molecule has 1 fully saturated rings. The number of hydrogen-bond donors (Lipinski definition) is 2. The highest BCUT2D eigenvalue weighted by molar-refractivity contribution is 7.89. The zero-order chi connectivity index (χ0) is 37.7. The van der Waals surface area contributed by atoms with Crippen molar-refractivity contribution in [3.05, 3.63) is 54.1 Å². The normalized spacial score (nSPS) is 15.6. The van der Waals surface area contributed by atoms with Crippen molar-refractivity contribution in [2.75, 3.05) is 26.4 Å². The fourth-order valence-electron chi connectivity index (χ4n) is 5.56. The van der Waals surface area contributed by atoms with E-state index >= 15 is 0 Å². The number of carbonyl (C=O) groups excluding carboxylic acids is 4. The van der Waals surface area contributed by atoms with Gasteiger partial charge in [0.25, 0.3) is 0 Å². The number of amides is 3. The van der Waals surface area contributed by atoms with Crippen molar-refractivity contribution in [3.63, 3.8) is 0 Å². The van der Waals surface area contributed by atoms with Gasteiger partial charge in [-0.3, -0.25) is 19.3 Å². The fourth-order valence-corrected chi connectivity index (χ4v) is 7.15. The maximum absolute atomic E-state index is 14.1. The molecule has 2 aromatic carbocycles. The van der Waals surface area contributed by atoms with Crippen LogP contribution >= 0.6 is 0 Å². The largest absolute Gasteiger partial charge is 0.454 e. The third-order valence-corrected chi connectivity index (χ3v) is 10.0. The Bertz CT molecular complexity index is 1680. The molecule has 1 aliphatic heterocycles. The maximum atomic E-state index is 14.1. The highest BCUT2D eigenvalue weighted by atomic mass is 32.2. The minimum atomic E-state index is -4.17. The van der Waals surface area contributed by atoms with E-state index < -0.39 is 63.4 Å². The summed E-state index contributed by atoms with van der Waals surface area (Å²) < 4.78 is 45.2. The lowest BCUT2D eigenvalue weighted by atomic mass is 9.85. The van der Waals surface area contributed by atoms with E-state index in [0.29, 0.717) is 11.5 Å². The van der Waals surface area contributed by atoms with Crippen LogP contribution in [0.25, 0.3) is 0 Å². The highest BCUT2D eigenvalue weighted by Gasteiger charge is 2.40. The summed E-state index contributed by atoms with van der Waals surface area (Å²) in [6, 6.07) is 11.0. The second-order valence-corrected chi connectivity index (χ2v) is 17.6. The van der Waals surface area contributed by atoms with Gasteiger partial charge in [-0.05, 0) is 69.1 Å². The van der Waals surface area contributed by atoms with Crippen LogP contribution in [0.3, 0.4) is 0 Å². The monoisotopic (exact) mass is 728 g/mol. The Hall–Kier alpha value is -4.17. The quantitative estimate of drug-likeness (QED) is 0.273. The molecule has 0 bridgehead atoms. The van der Waals surface area contributed by atoms with E-state index in [4.69, 9.17) is 14.2 Å². The summed E-state index contributed by atoms with van der Waals surface area (Å²) in [5.41, 5.74) is -0.800. The first-order chi connectivity index (χ1) is 23.7. The summed E-state index contributed by atoms with van der Waals surface area (Å²) in [6.07, 6.45) is 0.977. The average Bonchev–Trinajstić information content (AvgIpc) is 3.75. The van der Waals surface area contributed by atoms with E-state index in [2.05, 4.69) is 10.6 Å². The number of Topliss-reactive ketones (excluding diaryl/α,β-unsaturated/α-hetero) is 1. The number of ketones is 1. The molecule has 3 amide bonds. The molecule has 1 saturated carbocycles. The standard InChI is InChI=1S/C37H52N4O9S/c1-24(2)20-40(51(46,47)27-16-17-30-31(19-27)49-23-48-30)21-29(42)28(18-25-12-10-9-11-13-25)38-34(44)33(36(3,4)5)39-32(43)22-41(26-14-15-26)35(45)50-37(6,7)8/h9-13,16-17,19,24,26,28,33H,14-15,18,20-23H2,1-8H3,(H,38,44)(H,39,43)/t28-,33+/m0/s1. The Balaban J connectivity index is 1.56. The number of nitrogens with one attached hydrogen (secondary N) is 2. The number of rotatable bonds is 15. The van der Waals surface area contributed by atoms with Gasteiger partial charge in [0.2, 0.25) is 28.6 Å². The number of nitrogens with zero attached hydrogens (tertiary/aromatic N) is 2. The SMILES string of the molecule is CC(C)CN(CC(=O)[C@H](Cc1ccccc1)NC(=O)[C@@H](NC(=O)CN(C(=O)OC(C)(C)C)C1CC1)C(C)(C)C)S(=O)(=O)c1ccc2c(c1)OCO2. The van der Waals surface area contributed by atoms with Crippen LogP contribution in [0.2, 0.25) is 0 Å². The molecular formula is C37H52N4O9S. The highest BCUT2D eigenvalue weighted by Crippen LogP contribution is 2.35. The van der Waals surface area contributed by atoms with Gasteiger partial charge in [0.05, 0.1) is 17.5 Å². The zero-order valence-electron chi connectivity index (χ0n) is 30.9. The molecule has 0 spiro atoms. The summed E-state index contributed by atoms with van der Waals surface area (Å²) in [7, 11) is -4.17. The first kappa shape index (κ1) is 39.6. The fraction of sp³-hybridized carbons (Fsp3) is 0.568. The third-order valence-electron chi connectivity index (χ3n) is 8.23. The van der Waals surface area contributed by atoms with Crippen LogP contribution in [-0.2, 0) is 35.6 Å². The molecule has 0 unspecified atom stereocenters. The molecule has 2 N–H and O–H groups in total. The number of fused-ring (bicyclic) bond motifs is 1. The average molecular weight is 729 g/mol. The van der Waals surface area contributed by atoms with Gasteiger partial charge in [-0.1, -0.05) is 65.0 Å². The Morgan fingerprint density at radius 1 is 0.902 bits per heavy atom. The van der Waals surface area contributed by atoms with Crippen molar-refractivity contribution in [1.82, 2.24) is 19.8 Å². The van der Waals surface area contributed by atoms with Crippen molar-refractivity contribution >= 4 is 33.7 Å². The van der Waals surface area contributed by atoms with Crippen LogP contribution in [0, 0.1) is 11.3 Å². The van der Waals surface area contributed by atoms with Gasteiger partial charge in [-0.2, -0.15) is 4.31 Å². The smallest absolute Gasteiger partial charge is 0.411 e. The van der Waals surface area contributed by atoms with Crippen LogP contribution in [0.15, 0.2) is 53.4 Å². The Morgan fingerprint density at radius 2 is 1.55 bits per heavy atom. The first-order valence-corrected chi connectivity index (χ1v) is 18.7. The summed E-state index contributed by atoms with van der Waals surface area (Å²) in [4.78, 5) is 55.8. The van der Waals surface area contributed by atoms with Gasteiger partial charge in [-0.25, -0.2) is 13.2 Å². The van der Waals surface area contributed by atoms with E-state index in [1.807, 2.05) is 44.2 Å². The van der Waals surface area contributed by atoms with Gasteiger partial charge in [0.1, 0.15) is 18.2 Å². The third kappa shape index (κ3) is 11.2. The van der Waals surface area contributed by atoms with Crippen molar-refractivity contribution in [3.8, 4) is 11.5 Å². The molecule has 280 valence electrons. The minimum absolute atomic E-state index is 0.0214. The van der Waals surface area contributed by atoms with Crippen LogP contribution in [0.4, 0.5) is 4.79 Å². The molecule has 0 radical (unpaired) electrons. The second-order valence-electron chi connectivity index (χ2n) is 15.6. The molecule has 13 nitrogen and oxygen atoms in total. The Labute approximate surface area is 301 Å². The van der Waals surface area contributed by atoms with Gasteiger partial charge in [0, 0.05) is 18.7 Å². The molecule has 0 aromatic heterocycles. The topological polar surface area (TPSA) is 161 Å². The Kier molecular flexibility index (Phi) is 12.4. The molecule has 2 aliphatic rings. The number of hydrogen-bond acceptors (Lipinski definition) is 9. The van der Waals surface area contributed by atoms with Crippen molar-refractivity contribution in [1.29, 1.82) is 0 Å². The van der Waals surface area contributed by atoms with Crippen LogP contribution in [0.5, 0.6) is 11.5 Å². The van der Waals surface area contributed by atoms with Crippen LogP contribution in [0.1, 0.15) is 73.8 Å². The van der Waals surface area contributed by atoms with E-state index in [-0.39, 0.29) is 43.2 Å². The molecule has 2 aromatic rings. The first-order valence-electron chi connectivity index (χ1n) is 17.3. The molecule has 1 heterocycles. The predicted molar refractivity (Wildman–Crippen MR) is 191 cm³/mol. The lowest BCUT2D eigenvalue weighted by Gasteiger charge is -2.33. The number of benzene rings is 2. The summed E-state index contributed by atoms with van der Waals surface area (Å²) >= 11 is 0. The maximum Gasteiger partial charge on any atom is 0.411 e. The van der Waals surface area contributed by atoms with Crippen molar-refractivity contribution < 1.29 is 41.8 Å². The molecule has 51 heavy (non-hydrogen) atoms. The molecule has 4 rings (SSSR count). The minimum Gasteiger partial charge on any atom is -0.454 e. The van der Waals surface area contributed by atoms with Gasteiger partial charge < -0.3 is 24.8 Å². The van der Waals surface area contributed by atoms with E-state index in [9.17, 15) is 27.6 Å². The van der Waals surface area contributed by atoms with E-state index in [0.717, 1.165) is 22.7 Å². The summed E-state index contributed by atoms with van der Waals surface area (Å²) in [5, 5.41) is 5.63. The predicted octanol–water partition coefficient (Wildman–Crippen LogP) is 4.29. The second kappa shape index (κ2) is 16.0. The van der Waals surface area contributed by atoms with E-state index in [1.165, 1.54) is 23.1 Å². The van der Waals surface area contributed by atoms with Gasteiger partial charge >= 0.3 is 6.09 Å². The number of carbonyl (C=O) groups is 4. The van der Waals surface area contributed by atoms with Crippen LogP contribution in [-0.4, -0.2) is 91.5 Å². The summed E-state index contributed by atoms with van der Waals surface area (Å²) in [5.74, 6) is -1.10. The lowest BCUT2D eigenvalue weighted by Crippen LogP contribution is -2.59. The zero-order valence-corrected chi connectivity index (χ0v) is 31.7. The van der Waals surface area contributed by atoms with Crippen molar-refractivity contribution in [2.45, 2.75) is 103 Å². The van der Waals surface area contributed by atoms with Gasteiger partial charge in [0.15, 0.2) is 17.3 Å². The Morgan fingerprint density at radius 3 is 2.14 bits per heavy atom. The molecule has 1 aliphatic carbocycles. The molecule has 14 heteroatoms. The summed E-state index contributed by atoms with van der Waals surface area (Å²) in [6.45, 7) is 13.5. The number of ether oxygens (including phenoxy) is 3. The number of sulfonamides is 1. The molecule has 2 atom stereocenters. The van der Waals surface area contributed by atoms with Crippen molar-refractivity contribution in [2.24, 2.45) is 11.3 Å². The van der Waals surface area contributed by atoms with Gasteiger partial charge in [-0.15, -0.1) is 0 Å². The lowest BCUT2D eigenvalue weighted by molar-refractivity contribution is -0.134.